The van der Waals surface area contributed by atoms with Crippen molar-refractivity contribution in [3.63, 3.8) is 0 Å². The van der Waals surface area contributed by atoms with E-state index < -0.39 is 10.0 Å². The molecule has 0 saturated carbocycles. The first-order valence-corrected chi connectivity index (χ1v) is 13.5. The highest BCUT2D eigenvalue weighted by Gasteiger charge is 2.23. The molecule has 3 aromatic rings. The summed E-state index contributed by atoms with van der Waals surface area (Å²) in [7, 11) is -3.56. The van der Waals surface area contributed by atoms with Gasteiger partial charge in [-0.2, -0.15) is 4.31 Å². The predicted molar refractivity (Wildman–Crippen MR) is 138 cm³/mol. The molecule has 1 amide bonds. The number of sulfonamides is 1. The van der Waals surface area contributed by atoms with Crippen molar-refractivity contribution >= 4 is 32.7 Å². The van der Waals surface area contributed by atoms with Crippen LogP contribution in [0.4, 0.5) is 5.69 Å². The number of hydrogen-bond donors (Lipinski definition) is 1. The van der Waals surface area contributed by atoms with Crippen molar-refractivity contribution in [1.29, 1.82) is 0 Å². The molecule has 7 nitrogen and oxygen atoms in total. The smallest absolute Gasteiger partial charge is 0.243 e. The fourth-order valence-corrected chi connectivity index (χ4v) is 5.73. The standard InChI is InChI=1S/C26H36N4O3S/c1-6-17-30-24-14-13-20(34(32,33)29(7-2)8-3)18-23(24)27-25(30)15-16-26(31)28-22-12-10-9-11-21(22)19(4)5/h9-14,18-19H,6-8,15-17H2,1-5H3,(H,28,31). The number of aryl methyl sites for hydroxylation is 2. The molecule has 184 valence electrons. The average Bonchev–Trinajstić information content (AvgIpc) is 3.15. The van der Waals surface area contributed by atoms with Crippen LogP contribution in [0.1, 0.15) is 64.8 Å². The van der Waals surface area contributed by atoms with E-state index in [1.165, 1.54) is 4.31 Å². The third-order valence-electron chi connectivity index (χ3n) is 6.02. The minimum absolute atomic E-state index is 0.0620. The first kappa shape index (κ1) is 25.9. The van der Waals surface area contributed by atoms with Crippen molar-refractivity contribution < 1.29 is 13.2 Å². The summed E-state index contributed by atoms with van der Waals surface area (Å²) in [5, 5.41) is 3.04. The van der Waals surface area contributed by atoms with E-state index in [-0.39, 0.29) is 10.8 Å². The van der Waals surface area contributed by atoms with Crippen LogP contribution in [0, 0.1) is 0 Å². The molecule has 0 aliphatic rings. The van der Waals surface area contributed by atoms with Gasteiger partial charge in [0.2, 0.25) is 15.9 Å². The maximum Gasteiger partial charge on any atom is 0.243 e. The van der Waals surface area contributed by atoms with E-state index >= 15 is 0 Å². The number of para-hydroxylation sites is 1. The summed E-state index contributed by atoms with van der Waals surface area (Å²) in [4.78, 5) is 17.7. The number of carbonyl (C=O) groups is 1. The number of rotatable bonds is 11. The summed E-state index contributed by atoms with van der Waals surface area (Å²) < 4.78 is 29.5. The fourth-order valence-electron chi connectivity index (χ4n) is 4.25. The molecule has 0 radical (unpaired) electrons. The monoisotopic (exact) mass is 484 g/mol. The van der Waals surface area contributed by atoms with E-state index in [0.29, 0.717) is 37.4 Å². The van der Waals surface area contributed by atoms with E-state index in [1.807, 2.05) is 44.2 Å². The Morgan fingerprint density at radius 2 is 1.79 bits per heavy atom. The van der Waals surface area contributed by atoms with Gasteiger partial charge < -0.3 is 9.88 Å². The molecular weight excluding hydrogens is 448 g/mol. The molecule has 0 atom stereocenters. The van der Waals surface area contributed by atoms with Crippen LogP contribution in [0.25, 0.3) is 11.0 Å². The maximum absolute atomic E-state index is 13.0. The SMILES string of the molecule is CCCn1c(CCC(=O)Nc2ccccc2C(C)C)nc2cc(S(=O)(=O)N(CC)CC)ccc21. The summed E-state index contributed by atoms with van der Waals surface area (Å²) in [6, 6.07) is 13.0. The number of anilines is 1. The summed E-state index contributed by atoms with van der Waals surface area (Å²) in [5.41, 5.74) is 3.48. The zero-order valence-electron chi connectivity index (χ0n) is 20.8. The van der Waals surface area contributed by atoms with Crippen LogP contribution in [-0.4, -0.2) is 41.3 Å². The van der Waals surface area contributed by atoms with Gasteiger partial charge in [-0.3, -0.25) is 4.79 Å². The zero-order chi connectivity index (χ0) is 24.9. The lowest BCUT2D eigenvalue weighted by Gasteiger charge is -2.18. The van der Waals surface area contributed by atoms with Gasteiger partial charge in [-0.25, -0.2) is 13.4 Å². The molecule has 0 aliphatic carbocycles. The van der Waals surface area contributed by atoms with Crippen molar-refractivity contribution in [2.24, 2.45) is 0 Å². The van der Waals surface area contributed by atoms with Crippen LogP contribution in [-0.2, 0) is 27.8 Å². The Hall–Kier alpha value is -2.71. The number of amides is 1. The Morgan fingerprint density at radius 1 is 1.09 bits per heavy atom. The van der Waals surface area contributed by atoms with Crippen molar-refractivity contribution in [3.05, 3.63) is 53.9 Å². The highest BCUT2D eigenvalue weighted by Crippen LogP contribution is 2.25. The Balaban J connectivity index is 1.84. The fraction of sp³-hybridized carbons (Fsp3) is 0.462. The van der Waals surface area contributed by atoms with Crippen LogP contribution >= 0.6 is 0 Å². The maximum atomic E-state index is 13.0. The lowest BCUT2D eigenvalue weighted by atomic mass is 10.0. The lowest BCUT2D eigenvalue weighted by molar-refractivity contribution is -0.116. The van der Waals surface area contributed by atoms with Gasteiger partial charge in [-0.15, -0.1) is 0 Å². The first-order chi connectivity index (χ1) is 16.2. The van der Waals surface area contributed by atoms with Crippen LogP contribution in [0.15, 0.2) is 47.4 Å². The third-order valence-corrected chi connectivity index (χ3v) is 8.07. The van der Waals surface area contributed by atoms with E-state index in [9.17, 15) is 13.2 Å². The molecule has 1 N–H and O–H groups in total. The average molecular weight is 485 g/mol. The van der Waals surface area contributed by atoms with Crippen LogP contribution in [0.3, 0.4) is 0 Å². The summed E-state index contributed by atoms with van der Waals surface area (Å²) in [6.45, 7) is 11.6. The number of nitrogens with one attached hydrogen (secondary N) is 1. The molecule has 34 heavy (non-hydrogen) atoms. The number of aromatic nitrogens is 2. The normalized spacial score (nSPS) is 12.1. The molecule has 2 aromatic carbocycles. The van der Waals surface area contributed by atoms with Gasteiger partial charge in [-0.05, 0) is 42.2 Å². The number of fused-ring (bicyclic) bond motifs is 1. The van der Waals surface area contributed by atoms with E-state index in [1.54, 1.807) is 12.1 Å². The molecule has 0 saturated heterocycles. The van der Waals surface area contributed by atoms with E-state index in [4.69, 9.17) is 4.98 Å². The minimum atomic E-state index is -3.56. The largest absolute Gasteiger partial charge is 0.328 e. The van der Waals surface area contributed by atoms with Gasteiger partial charge in [0.15, 0.2) is 0 Å². The Morgan fingerprint density at radius 3 is 2.44 bits per heavy atom. The Labute approximate surface area is 203 Å². The number of benzene rings is 2. The molecule has 1 heterocycles. The van der Waals surface area contributed by atoms with Crippen LogP contribution in [0.2, 0.25) is 0 Å². The summed E-state index contributed by atoms with van der Waals surface area (Å²) in [6.07, 6.45) is 1.68. The predicted octanol–water partition coefficient (Wildman–Crippen LogP) is 5.17. The molecule has 0 bridgehead atoms. The van der Waals surface area contributed by atoms with Crippen molar-refractivity contribution in [3.8, 4) is 0 Å². The quantitative estimate of drug-likeness (QED) is 0.407. The molecule has 3 rings (SSSR count). The van der Waals surface area contributed by atoms with Gasteiger partial charge in [0, 0.05) is 38.2 Å². The molecule has 8 heteroatoms. The van der Waals surface area contributed by atoms with Crippen molar-refractivity contribution in [2.45, 2.75) is 71.2 Å². The van der Waals surface area contributed by atoms with Crippen molar-refractivity contribution in [2.75, 3.05) is 18.4 Å². The van der Waals surface area contributed by atoms with Gasteiger partial charge in [0.05, 0.1) is 15.9 Å². The van der Waals surface area contributed by atoms with Crippen molar-refractivity contribution in [1.82, 2.24) is 13.9 Å². The number of hydrogen-bond acceptors (Lipinski definition) is 4. The number of carbonyl (C=O) groups excluding carboxylic acids is 1. The second-order valence-electron chi connectivity index (χ2n) is 8.71. The van der Waals surface area contributed by atoms with Gasteiger partial charge >= 0.3 is 0 Å². The third kappa shape index (κ3) is 5.50. The Kier molecular flexibility index (Phi) is 8.49. The highest BCUT2D eigenvalue weighted by atomic mass is 32.2. The Bertz CT molecular complexity index is 1240. The second-order valence-corrected chi connectivity index (χ2v) is 10.6. The topological polar surface area (TPSA) is 84.3 Å². The second kappa shape index (κ2) is 11.1. The molecule has 0 unspecified atom stereocenters. The van der Waals surface area contributed by atoms with Crippen LogP contribution in [0.5, 0.6) is 0 Å². The van der Waals surface area contributed by atoms with Gasteiger partial charge in [-0.1, -0.05) is 52.8 Å². The molecular formula is C26H36N4O3S. The number of imidazole rings is 1. The van der Waals surface area contributed by atoms with E-state index in [2.05, 4.69) is 30.7 Å². The van der Waals surface area contributed by atoms with Gasteiger partial charge in [0.25, 0.3) is 0 Å². The molecule has 1 aromatic heterocycles. The molecule has 0 fully saturated rings. The van der Waals surface area contributed by atoms with Gasteiger partial charge in [0.1, 0.15) is 5.82 Å². The molecule has 0 spiro atoms. The summed E-state index contributed by atoms with van der Waals surface area (Å²) in [5.74, 6) is 1.04. The lowest BCUT2D eigenvalue weighted by Crippen LogP contribution is -2.30. The summed E-state index contributed by atoms with van der Waals surface area (Å²) >= 11 is 0. The van der Waals surface area contributed by atoms with Crippen LogP contribution < -0.4 is 5.32 Å². The zero-order valence-corrected chi connectivity index (χ0v) is 21.7. The first-order valence-electron chi connectivity index (χ1n) is 12.1. The minimum Gasteiger partial charge on any atom is -0.328 e. The molecule has 0 aliphatic heterocycles. The highest BCUT2D eigenvalue weighted by molar-refractivity contribution is 7.89. The number of nitrogens with zero attached hydrogens (tertiary/aromatic N) is 3. The van der Waals surface area contributed by atoms with E-state index in [0.717, 1.165) is 35.6 Å².